The number of hydrogen-bond donors (Lipinski definition) is 1. The van der Waals surface area contributed by atoms with E-state index in [1.807, 2.05) is 6.92 Å². The molecule has 0 saturated heterocycles. The maximum Gasteiger partial charge on any atom is 0.165 e. The lowest BCUT2D eigenvalue weighted by atomic mass is 10.2. The van der Waals surface area contributed by atoms with Crippen LogP contribution in [0.5, 0.6) is 5.75 Å². The van der Waals surface area contributed by atoms with Crippen molar-refractivity contribution < 1.29 is 9.13 Å². The van der Waals surface area contributed by atoms with Gasteiger partial charge in [0.2, 0.25) is 0 Å². The van der Waals surface area contributed by atoms with Crippen molar-refractivity contribution in [2.45, 2.75) is 39.5 Å². The maximum absolute atomic E-state index is 13.4. The van der Waals surface area contributed by atoms with Crippen LogP contribution in [0.1, 0.15) is 38.2 Å². The van der Waals surface area contributed by atoms with Gasteiger partial charge in [0.25, 0.3) is 0 Å². The number of unbranched alkanes of at least 4 members (excludes halogenated alkanes) is 3. The number of hydrogen-bond acceptors (Lipinski definition) is 2. The third kappa shape index (κ3) is 6.01. The molecule has 1 rings (SSSR count). The molecular formula is C15H24FNO. The number of benzene rings is 1. The third-order valence-corrected chi connectivity index (χ3v) is 2.84. The molecule has 102 valence electrons. The summed E-state index contributed by atoms with van der Waals surface area (Å²) in [7, 11) is 0. The second-order valence-electron chi connectivity index (χ2n) is 4.55. The van der Waals surface area contributed by atoms with Crippen LogP contribution in [0, 0.1) is 12.7 Å². The van der Waals surface area contributed by atoms with Crippen LogP contribution in [0.15, 0.2) is 18.2 Å². The summed E-state index contributed by atoms with van der Waals surface area (Å²) in [5.74, 6) is 0.107. The zero-order chi connectivity index (χ0) is 13.2. The quantitative estimate of drug-likeness (QED) is 0.678. The molecule has 0 saturated carbocycles. The Hall–Kier alpha value is -1.09. The number of nitrogens with one attached hydrogen (secondary N) is 1. The zero-order valence-electron chi connectivity index (χ0n) is 11.5. The van der Waals surface area contributed by atoms with Crippen LogP contribution in [0.3, 0.4) is 0 Å². The molecule has 0 heterocycles. The first kappa shape index (κ1) is 15.0. The largest absolute Gasteiger partial charge is 0.491 e. The van der Waals surface area contributed by atoms with Gasteiger partial charge in [0.05, 0.1) is 6.61 Å². The van der Waals surface area contributed by atoms with Gasteiger partial charge in [-0.2, -0.15) is 0 Å². The Morgan fingerprint density at radius 1 is 1.17 bits per heavy atom. The fourth-order valence-corrected chi connectivity index (χ4v) is 1.79. The Kier molecular flexibility index (Phi) is 7.42. The van der Waals surface area contributed by atoms with E-state index in [0.29, 0.717) is 12.4 Å². The first-order valence-electron chi connectivity index (χ1n) is 6.83. The zero-order valence-corrected chi connectivity index (χ0v) is 11.5. The summed E-state index contributed by atoms with van der Waals surface area (Å²) in [4.78, 5) is 0. The molecule has 3 heteroatoms. The van der Waals surface area contributed by atoms with Crippen molar-refractivity contribution in [2.75, 3.05) is 19.7 Å². The molecule has 1 aromatic carbocycles. The molecule has 2 nitrogen and oxygen atoms in total. The van der Waals surface area contributed by atoms with Crippen molar-refractivity contribution in [3.63, 3.8) is 0 Å². The molecule has 0 aliphatic carbocycles. The predicted molar refractivity (Wildman–Crippen MR) is 73.6 cm³/mol. The lowest BCUT2D eigenvalue weighted by molar-refractivity contribution is 0.290. The Morgan fingerprint density at radius 3 is 2.72 bits per heavy atom. The van der Waals surface area contributed by atoms with E-state index in [0.717, 1.165) is 31.5 Å². The Morgan fingerprint density at radius 2 is 1.94 bits per heavy atom. The van der Waals surface area contributed by atoms with Gasteiger partial charge in [0.1, 0.15) is 0 Å². The van der Waals surface area contributed by atoms with Crippen LogP contribution in [-0.2, 0) is 0 Å². The van der Waals surface area contributed by atoms with Crippen molar-refractivity contribution in [1.29, 1.82) is 0 Å². The fourth-order valence-electron chi connectivity index (χ4n) is 1.79. The van der Waals surface area contributed by atoms with Crippen molar-refractivity contribution in [1.82, 2.24) is 5.32 Å². The molecule has 18 heavy (non-hydrogen) atoms. The summed E-state index contributed by atoms with van der Waals surface area (Å²) < 4.78 is 18.8. The van der Waals surface area contributed by atoms with E-state index in [2.05, 4.69) is 12.2 Å². The second kappa shape index (κ2) is 8.92. The first-order chi connectivity index (χ1) is 8.74. The molecule has 0 amide bonds. The van der Waals surface area contributed by atoms with Gasteiger partial charge in [-0.25, -0.2) is 4.39 Å². The molecule has 0 radical (unpaired) electrons. The molecule has 1 N–H and O–H groups in total. The SMILES string of the molecule is CCNCCCCCCOc1cc(C)ccc1F. The topological polar surface area (TPSA) is 21.3 Å². The molecule has 0 unspecified atom stereocenters. The standard InChI is InChI=1S/C15H24FNO/c1-3-17-10-6-4-5-7-11-18-15-12-13(2)8-9-14(15)16/h8-9,12,17H,3-7,10-11H2,1-2H3. The monoisotopic (exact) mass is 253 g/mol. The summed E-state index contributed by atoms with van der Waals surface area (Å²) in [6, 6.07) is 4.96. The normalized spacial score (nSPS) is 10.6. The minimum absolute atomic E-state index is 0.271. The van der Waals surface area contributed by atoms with Crippen LogP contribution in [0.25, 0.3) is 0 Å². The molecule has 0 aliphatic rings. The van der Waals surface area contributed by atoms with Gasteiger partial charge >= 0.3 is 0 Å². The summed E-state index contributed by atoms with van der Waals surface area (Å²) in [5, 5.41) is 3.30. The Bertz CT molecular complexity index is 341. The van der Waals surface area contributed by atoms with Crippen LogP contribution in [-0.4, -0.2) is 19.7 Å². The van der Waals surface area contributed by atoms with Crippen LogP contribution >= 0.6 is 0 Å². The van der Waals surface area contributed by atoms with Gasteiger partial charge < -0.3 is 10.1 Å². The molecular weight excluding hydrogens is 229 g/mol. The third-order valence-electron chi connectivity index (χ3n) is 2.84. The molecule has 0 fully saturated rings. The lowest BCUT2D eigenvalue weighted by Crippen LogP contribution is -2.13. The Balaban J connectivity index is 2.09. The van der Waals surface area contributed by atoms with Gasteiger partial charge in [-0.1, -0.05) is 25.8 Å². The summed E-state index contributed by atoms with van der Waals surface area (Å²) >= 11 is 0. The lowest BCUT2D eigenvalue weighted by Gasteiger charge is -2.08. The van der Waals surface area contributed by atoms with Crippen LogP contribution in [0.2, 0.25) is 0 Å². The fraction of sp³-hybridized carbons (Fsp3) is 0.600. The van der Waals surface area contributed by atoms with E-state index in [1.54, 1.807) is 12.1 Å². The molecule has 0 spiro atoms. The second-order valence-corrected chi connectivity index (χ2v) is 4.55. The van der Waals surface area contributed by atoms with E-state index in [9.17, 15) is 4.39 Å². The highest BCUT2D eigenvalue weighted by Gasteiger charge is 2.02. The minimum Gasteiger partial charge on any atom is -0.491 e. The smallest absolute Gasteiger partial charge is 0.165 e. The number of ether oxygens (including phenoxy) is 1. The van der Waals surface area contributed by atoms with Crippen molar-refractivity contribution in [3.05, 3.63) is 29.6 Å². The minimum atomic E-state index is -0.271. The molecule has 0 aliphatic heterocycles. The number of rotatable bonds is 9. The summed E-state index contributed by atoms with van der Waals surface area (Å²) in [6.07, 6.45) is 4.53. The summed E-state index contributed by atoms with van der Waals surface area (Å²) in [6.45, 7) is 6.78. The van der Waals surface area contributed by atoms with E-state index in [-0.39, 0.29) is 5.82 Å². The first-order valence-corrected chi connectivity index (χ1v) is 6.83. The van der Waals surface area contributed by atoms with Gasteiger partial charge in [-0.15, -0.1) is 0 Å². The predicted octanol–water partition coefficient (Wildman–Crippen LogP) is 3.68. The van der Waals surface area contributed by atoms with E-state index in [4.69, 9.17) is 4.74 Å². The highest BCUT2D eigenvalue weighted by atomic mass is 19.1. The van der Waals surface area contributed by atoms with Crippen molar-refractivity contribution in [2.24, 2.45) is 0 Å². The van der Waals surface area contributed by atoms with Crippen molar-refractivity contribution >= 4 is 0 Å². The highest BCUT2D eigenvalue weighted by molar-refractivity contribution is 5.29. The average Bonchev–Trinajstić information content (AvgIpc) is 2.36. The van der Waals surface area contributed by atoms with Crippen LogP contribution in [0.4, 0.5) is 4.39 Å². The molecule has 1 aromatic rings. The average molecular weight is 253 g/mol. The van der Waals surface area contributed by atoms with Gasteiger partial charge in [-0.05, 0) is 50.6 Å². The molecule has 0 aromatic heterocycles. The molecule has 0 bridgehead atoms. The highest BCUT2D eigenvalue weighted by Crippen LogP contribution is 2.18. The number of halogens is 1. The maximum atomic E-state index is 13.4. The van der Waals surface area contributed by atoms with Crippen LogP contribution < -0.4 is 10.1 Å². The van der Waals surface area contributed by atoms with E-state index < -0.39 is 0 Å². The number of aryl methyl sites for hydroxylation is 1. The van der Waals surface area contributed by atoms with Gasteiger partial charge in [0, 0.05) is 0 Å². The Labute approximate surface area is 110 Å². The van der Waals surface area contributed by atoms with Crippen molar-refractivity contribution in [3.8, 4) is 5.75 Å². The summed E-state index contributed by atoms with van der Waals surface area (Å²) in [5.41, 5.74) is 1.03. The van der Waals surface area contributed by atoms with Gasteiger partial charge in [0.15, 0.2) is 11.6 Å². The molecule has 0 atom stereocenters. The van der Waals surface area contributed by atoms with E-state index >= 15 is 0 Å². The van der Waals surface area contributed by atoms with E-state index in [1.165, 1.54) is 18.9 Å². The van der Waals surface area contributed by atoms with Gasteiger partial charge in [-0.3, -0.25) is 0 Å².